The number of carbonyl (C=O) groups excluding carboxylic acids is 1. The van der Waals surface area contributed by atoms with Crippen LogP contribution in [-0.4, -0.2) is 12.5 Å². The molecule has 132 valence electrons. The van der Waals surface area contributed by atoms with Gasteiger partial charge in [-0.15, -0.1) is 12.4 Å². The van der Waals surface area contributed by atoms with E-state index in [1.807, 2.05) is 12.1 Å². The standard InChI is InChI=1S/C19H32N2O.ClH/c1-2-3-4-5-6-7-8-10-17-12-14-18(15-13-17)21-19(22)11-9-16-20;/h12-15H,2-11,16,20H2,1H3,(H,21,22);1H. The summed E-state index contributed by atoms with van der Waals surface area (Å²) in [6.45, 7) is 2.81. The van der Waals surface area contributed by atoms with Gasteiger partial charge in [0.05, 0.1) is 0 Å². The Morgan fingerprint density at radius 2 is 1.57 bits per heavy atom. The number of nitrogens with two attached hydrogens (primary N) is 1. The second-order valence-corrected chi connectivity index (χ2v) is 6.01. The molecule has 0 unspecified atom stereocenters. The molecule has 3 nitrogen and oxygen atoms in total. The Labute approximate surface area is 147 Å². The van der Waals surface area contributed by atoms with E-state index in [2.05, 4.69) is 24.4 Å². The summed E-state index contributed by atoms with van der Waals surface area (Å²) < 4.78 is 0. The molecule has 1 amide bonds. The molecular weight excluding hydrogens is 308 g/mol. The zero-order valence-electron chi connectivity index (χ0n) is 14.5. The molecule has 0 saturated heterocycles. The van der Waals surface area contributed by atoms with Crippen molar-refractivity contribution in [1.29, 1.82) is 0 Å². The maximum atomic E-state index is 11.6. The van der Waals surface area contributed by atoms with E-state index >= 15 is 0 Å². The predicted octanol–water partition coefficient (Wildman–Crippen LogP) is 5.08. The fraction of sp³-hybridized carbons (Fsp3) is 0.632. The summed E-state index contributed by atoms with van der Waals surface area (Å²) in [5.41, 5.74) is 7.64. The average Bonchev–Trinajstić information content (AvgIpc) is 2.53. The SMILES string of the molecule is CCCCCCCCCc1ccc(NC(=O)CCCN)cc1.Cl. The Morgan fingerprint density at radius 3 is 2.17 bits per heavy atom. The number of amides is 1. The van der Waals surface area contributed by atoms with Crippen LogP contribution in [-0.2, 0) is 11.2 Å². The van der Waals surface area contributed by atoms with E-state index in [1.54, 1.807) is 0 Å². The van der Waals surface area contributed by atoms with E-state index in [0.29, 0.717) is 13.0 Å². The molecule has 0 heterocycles. The van der Waals surface area contributed by atoms with Gasteiger partial charge in [0.15, 0.2) is 0 Å². The molecule has 0 fully saturated rings. The Hall–Kier alpha value is -1.06. The number of hydrogen-bond acceptors (Lipinski definition) is 2. The number of aryl methyl sites for hydroxylation is 1. The normalized spacial score (nSPS) is 10.2. The summed E-state index contributed by atoms with van der Waals surface area (Å²) in [7, 11) is 0. The molecule has 1 rings (SSSR count). The molecule has 0 spiro atoms. The molecule has 0 saturated carbocycles. The summed E-state index contributed by atoms with van der Waals surface area (Å²) in [4.78, 5) is 11.6. The van der Waals surface area contributed by atoms with Crippen LogP contribution in [0.1, 0.15) is 70.3 Å². The highest BCUT2D eigenvalue weighted by Gasteiger charge is 2.01. The lowest BCUT2D eigenvalue weighted by Gasteiger charge is -2.06. The Bertz CT molecular complexity index is 406. The smallest absolute Gasteiger partial charge is 0.224 e. The predicted molar refractivity (Wildman–Crippen MR) is 102 cm³/mol. The van der Waals surface area contributed by atoms with Gasteiger partial charge in [-0.3, -0.25) is 4.79 Å². The Balaban J connectivity index is 0.00000484. The van der Waals surface area contributed by atoms with Gasteiger partial charge in [0.2, 0.25) is 5.91 Å². The van der Waals surface area contributed by atoms with Gasteiger partial charge >= 0.3 is 0 Å². The number of carbonyl (C=O) groups is 1. The number of benzene rings is 1. The van der Waals surface area contributed by atoms with E-state index < -0.39 is 0 Å². The second-order valence-electron chi connectivity index (χ2n) is 6.01. The third-order valence-electron chi connectivity index (χ3n) is 3.91. The first kappa shape index (κ1) is 21.9. The number of hydrogen-bond donors (Lipinski definition) is 2. The van der Waals surface area contributed by atoms with E-state index in [9.17, 15) is 4.79 Å². The largest absolute Gasteiger partial charge is 0.330 e. The molecule has 1 aromatic carbocycles. The minimum Gasteiger partial charge on any atom is -0.330 e. The van der Waals surface area contributed by atoms with E-state index in [4.69, 9.17) is 5.73 Å². The van der Waals surface area contributed by atoms with Gasteiger partial charge in [-0.2, -0.15) is 0 Å². The minimum absolute atomic E-state index is 0. The first-order valence-electron chi connectivity index (χ1n) is 8.85. The van der Waals surface area contributed by atoms with Gasteiger partial charge in [-0.1, -0.05) is 57.6 Å². The summed E-state index contributed by atoms with van der Waals surface area (Å²) in [5, 5.41) is 2.91. The molecule has 23 heavy (non-hydrogen) atoms. The molecule has 1 aromatic rings. The maximum absolute atomic E-state index is 11.6. The fourth-order valence-electron chi connectivity index (χ4n) is 2.53. The average molecular weight is 341 g/mol. The van der Waals surface area contributed by atoms with Gasteiger partial charge in [-0.25, -0.2) is 0 Å². The van der Waals surface area contributed by atoms with E-state index in [-0.39, 0.29) is 18.3 Å². The zero-order valence-corrected chi connectivity index (χ0v) is 15.3. The molecule has 0 radical (unpaired) electrons. The highest BCUT2D eigenvalue weighted by Crippen LogP contribution is 2.14. The van der Waals surface area contributed by atoms with Gasteiger partial charge in [-0.05, 0) is 43.5 Å². The van der Waals surface area contributed by atoms with Crippen LogP contribution in [0.4, 0.5) is 5.69 Å². The number of halogens is 1. The first-order chi connectivity index (χ1) is 10.8. The molecular formula is C19H33ClN2O. The lowest BCUT2D eigenvalue weighted by Crippen LogP contribution is -2.13. The topological polar surface area (TPSA) is 55.1 Å². The number of nitrogens with one attached hydrogen (secondary N) is 1. The van der Waals surface area contributed by atoms with Gasteiger partial charge in [0.1, 0.15) is 0 Å². The van der Waals surface area contributed by atoms with Crippen LogP contribution >= 0.6 is 12.4 Å². The van der Waals surface area contributed by atoms with Crippen molar-refractivity contribution in [1.82, 2.24) is 0 Å². The van der Waals surface area contributed by atoms with Crippen LogP contribution in [0, 0.1) is 0 Å². The highest BCUT2D eigenvalue weighted by atomic mass is 35.5. The second kappa shape index (κ2) is 14.5. The lowest BCUT2D eigenvalue weighted by atomic mass is 10.0. The highest BCUT2D eigenvalue weighted by molar-refractivity contribution is 5.90. The summed E-state index contributed by atoms with van der Waals surface area (Å²) in [6, 6.07) is 8.24. The van der Waals surface area contributed by atoms with Gasteiger partial charge in [0.25, 0.3) is 0 Å². The quantitative estimate of drug-likeness (QED) is 0.521. The molecule has 0 aliphatic heterocycles. The minimum atomic E-state index is 0. The van der Waals surface area contributed by atoms with E-state index in [0.717, 1.165) is 18.5 Å². The Morgan fingerprint density at radius 1 is 0.957 bits per heavy atom. The number of rotatable bonds is 12. The van der Waals surface area contributed by atoms with Crippen LogP contribution in [0.3, 0.4) is 0 Å². The third-order valence-corrected chi connectivity index (χ3v) is 3.91. The number of anilines is 1. The van der Waals surface area contributed by atoms with Crippen molar-refractivity contribution < 1.29 is 4.79 Å². The van der Waals surface area contributed by atoms with Crippen LogP contribution in [0.25, 0.3) is 0 Å². The van der Waals surface area contributed by atoms with Crippen LogP contribution in [0.5, 0.6) is 0 Å². The first-order valence-corrected chi connectivity index (χ1v) is 8.85. The molecule has 0 atom stereocenters. The van der Waals surface area contributed by atoms with Crippen LogP contribution in [0.15, 0.2) is 24.3 Å². The van der Waals surface area contributed by atoms with Gasteiger partial charge in [0, 0.05) is 12.1 Å². The van der Waals surface area contributed by atoms with E-state index in [1.165, 1.54) is 50.5 Å². The van der Waals surface area contributed by atoms with Crippen molar-refractivity contribution in [3.63, 3.8) is 0 Å². The lowest BCUT2D eigenvalue weighted by molar-refractivity contribution is -0.116. The summed E-state index contributed by atoms with van der Waals surface area (Å²) >= 11 is 0. The third kappa shape index (κ3) is 11.2. The van der Waals surface area contributed by atoms with Crippen molar-refractivity contribution in [3.05, 3.63) is 29.8 Å². The molecule has 0 bridgehead atoms. The molecule has 4 heteroatoms. The van der Waals surface area contributed by atoms with Gasteiger partial charge < -0.3 is 11.1 Å². The maximum Gasteiger partial charge on any atom is 0.224 e. The van der Waals surface area contributed by atoms with Crippen LogP contribution in [0.2, 0.25) is 0 Å². The van der Waals surface area contributed by atoms with Crippen molar-refractivity contribution >= 4 is 24.0 Å². The molecule has 3 N–H and O–H groups in total. The van der Waals surface area contributed by atoms with Crippen molar-refractivity contribution in [2.45, 2.75) is 71.1 Å². The number of unbranched alkanes of at least 4 members (excludes halogenated alkanes) is 6. The fourth-order valence-corrected chi connectivity index (χ4v) is 2.53. The van der Waals surface area contributed by atoms with Crippen molar-refractivity contribution in [3.8, 4) is 0 Å². The van der Waals surface area contributed by atoms with Crippen molar-refractivity contribution in [2.75, 3.05) is 11.9 Å². The molecule has 0 aromatic heterocycles. The van der Waals surface area contributed by atoms with Crippen molar-refractivity contribution in [2.24, 2.45) is 5.73 Å². The van der Waals surface area contributed by atoms with Crippen LogP contribution < -0.4 is 11.1 Å². The molecule has 0 aliphatic carbocycles. The zero-order chi connectivity index (χ0) is 16.0. The Kier molecular flexibility index (Phi) is 13.9. The molecule has 0 aliphatic rings. The summed E-state index contributed by atoms with van der Waals surface area (Å²) in [5.74, 6) is 0.0466. The summed E-state index contributed by atoms with van der Waals surface area (Å²) in [6.07, 6.45) is 11.8. The monoisotopic (exact) mass is 340 g/mol.